The molecule has 2 heterocycles. The minimum Gasteiger partial charge on any atom is -0.384 e. The second-order valence-corrected chi connectivity index (χ2v) is 5.86. The van der Waals surface area contributed by atoms with E-state index < -0.39 is 0 Å². The van der Waals surface area contributed by atoms with Crippen LogP contribution < -0.4 is 0 Å². The molecule has 0 unspecified atom stereocenters. The normalized spacial score (nSPS) is 17.7. The molecule has 4 nitrogen and oxygen atoms in total. The Labute approximate surface area is 117 Å². The summed E-state index contributed by atoms with van der Waals surface area (Å²) in [5.41, 5.74) is 0.382. The second kappa shape index (κ2) is 5.74. The van der Waals surface area contributed by atoms with Crippen LogP contribution in [-0.2, 0) is 4.74 Å². The number of aliphatic hydroxyl groups excluding tert-OH is 1. The molecule has 1 aromatic rings. The van der Waals surface area contributed by atoms with Gasteiger partial charge in [-0.25, -0.2) is 0 Å². The van der Waals surface area contributed by atoms with E-state index in [1.165, 1.54) is 11.3 Å². The van der Waals surface area contributed by atoms with E-state index in [-0.39, 0.29) is 18.1 Å². The molecule has 1 fully saturated rings. The van der Waals surface area contributed by atoms with Gasteiger partial charge in [-0.2, -0.15) is 0 Å². The standard InChI is InChI=1S/C14H17NO3S/c1-14(2)10-18-8-6-15(14)13(17)12-11(4-3-7-16)5-9-19-12/h5,9,16H,6-8,10H2,1-2H3. The summed E-state index contributed by atoms with van der Waals surface area (Å²) in [4.78, 5) is 15.1. The van der Waals surface area contributed by atoms with E-state index in [0.29, 0.717) is 30.2 Å². The molecule has 1 N–H and O–H groups in total. The first-order valence-electron chi connectivity index (χ1n) is 6.13. The lowest BCUT2D eigenvalue weighted by Crippen LogP contribution is -2.55. The molecule has 0 saturated carbocycles. The highest BCUT2D eigenvalue weighted by Gasteiger charge is 2.35. The Kier molecular flexibility index (Phi) is 4.25. The van der Waals surface area contributed by atoms with Crippen LogP contribution in [0.3, 0.4) is 0 Å². The van der Waals surface area contributed by atoms with Gasteiger partial charge < -0.3 is 14.7 Å². The van der Waals surface area contributed by atoms with Crippen molar-refractivity contribution in [1.82, 2.24) is 4.90 Å². The molecule has 5 heteroatoms. The van der Waals surface area contributed by atoms with Crippen LogP contribution in [0.1, 0.15) is 29.1 Å². The fourth-order valence-corrected chi connectivity index (χ4v) is 2.86. The zero-order valence-corrected chi connectivity index (χ0v) is 11.9. The van der Waals surface area contributed by atoms with Gasteiger partial charge in [0, 0.05) is 12.1 Å². The van der Waals surface area contributed by atoms with Crippen LogP contribution >= 0.6 is 11.3 Å². The third-order valence-corrected chi connectivity index (χ3v) is 3.95. The first kappa shape index (κ1) is 14.1. The average Bonchev–Trinajstić information content (AvgIpc) is 2.83. The largest absolute Gasteiger partial charge is 0.384 e. The molecular weight excluding hydrogens is 262 g/mol. The predicted molar refractivity (Wildman–Crippen MR) is 74.2 cm³/mol. The van der Waals surface area contributed by atoms with Gasteiger partial charge in [-0.3, -0.25) is 4.79 Å². The number of ether oxygens (including phenoxy) is 1. The molecule has 1 saturated heterocycles. The zero-order valence-electron chi connectivity index (χ0n) is 11.1. The highest BCUT2D eigenvalue weighted by Crippen LogP contribution is 2.25. The van der Waals surface area contributed by atoms with E-state index in [4.69, 9.17) is 9.84 Å². The number of carbonyl (C=O) groups is 1. The van der Waals surface area contributed by atoms with E-state index in [1.807, 2.05) is 30.2 Å². The van der Waals surface area contributed by atoms with Crippen molar-refractivity contribution in [2.45, 2.75) is 19.4 Å². The molecule has 0 spiro atoms. The van der Waals surface area contributed by atoms with Crippen LogP contribution in [0.4, 0.5) is 0 Å². The fraction of sp³-hybridized carbons (Fsp3) is 0.500. The summed E-state index contributed by atoms with van der Waals surface area (Å²) in [7, 11) is 0. The number of rotatable bonds is 1. The highest BCUT2D eigenvalue weighted by atomic mass is 32.1. The number of nitrogens with zero attached hydrogens (tertiary/aromatic N) is 1. The summed E-state index contributed by atoms with van der Waals surface area (Å²) in [5, 5.41) is 10.6. The molecule has 19 heavy (non-hydrogen) atoms. The van der Waals surface area contributed by atoms with Gasteiger partial charge in [-0.15, -0.1) is 11.3 Å². The van der Waals surface area contributed by atoms with Gasteiger partial charge in [0.25, 0.3) is 5.91 Å². The molecule has 2 rings (SSSR count). The molecule has 1 aliphatic rings. The minimum absolute atomic E-state index is 0.00876. The summed E-state index contributed by atoms with van der Waals surface area (Å²) in [6.07, 6.45) is 0. The van der Waals surface area contributed by atoms with E-state index in [1.54, 1.807) is 0 Å². The van der Waals surface area contributed by atoms with E-state index in [9.17, 15) is 4.79 Å². The van der Waals surface area contributed by atoms with Crippen LogP contribution in [0.5, 0.6) is 0 Å². The topological polar surface area (TPSA) is 49.8 Å². The van der Waals surface area contributed by atoms with Crippen molar-refractivity contribution in [2.24, 2.45) is 0 Å². The van der Waals surface area contributed by atoms with E-state index >= 15 is 0 Å². The zero-order chi connectivity index (χ0) is 13.9. The van der Waals surface area contributed by atoms with Gasteiger partial charge in [-0.1, -0.05) is 11.8 Å². The van der Waals surface area contributed by atoms with Crippen LogP contribution in [0.25, 0.3) is 0 Å². The number of aliphatic hydroxyl groups is 1. The maximum absolute atomic E-state index is 12.6. The van der Waals surface area contributed by atoms with E-state index in [2.05, 4.69) is 11.8 Å². The molecule has 0 atom stereocenters. The predicted octanol–water partition coefficient (Wildman–Crippen LogP) is 1.34. The summed E-state index contributed by atoms with van der Waals surface area (Å²) in [5.74, 6) is 5.40. The summed E-state index contributed by atoms with van der Waals surface area (Å²) >= 11 is 1.39. The molecule has 102 valence electrons. The number of thiophene rings is 1. The van der Waals surface area contributed by atoms with Crippen LogP contribution in [0.15, 0.2) is 11.4 Å². The Bertz CT molecular complexity index is 524. The summed E-state index contributed by atoms with van der Waals surface area (Å²) < 4.78 is 5.43. The maximum atomic E-state index is 12.6. The minimum atomic E-state index is -0.305. The third-order valence-electron chi connectivity index (χ3n) is 3.05. The Morgan fingerprint density at radius 2 is 2.42 bits per heavy atom. The average molecular weight is 279 g/mol. The third kappa shape index (κ3) is 2.98. The Balaban J connectivity index is 2.26. The Morgan fingerprint density at radius 1 is 1.63 bits per heavy atom. The highest BCUT2D eigenvalue weighted by molar-refractivity contribution is 7.12. The van der Waals surface area contributed by atoms with Crippen molar-refractivity contribution in [3.8, 4) is 11.8 Å². The lowest BCUT2D eigenvalue weighted by atomic mass is 10.0. The van der Waals surface area contributed by atoms with E-state index in [0.717, 1.165) is 0 Å². The van der Waals surface area contributed by atoms with Crippen molar-refractivity contribution in [2.75, 3.05) is 26.4 Å². The molecule has 1 aromatic heterocycles. The molecule has 0 bridgehead atoms. The Morgan fingerprint density at radius 3 is 3.11 bits per heavy atom. The summed E-state index contributed by atoms with van der Waals surface area (Å²) in [6, 6.07) is 1.81. The maximum Gasteiger partial charge on any atom is 0.265 e. The molecule has 0 radical (unpaired) electrons. The van der Waals surface area contributed by atoms with Crippen molar-refractivity contribution in [3.63, 3.8) is 0 Å². The van der Waals surface area contributed by atoms with Crippen LogP contribution in [-0.4, -0.2) is 47.8 Å². The van der Waals surface area contributed by atoms with Gasteiger partial charge in [0.1, 0.15) is 11.5 Å². The Hall–Kier alpha value is -1.35. The second-order valence-electron chi connectivity index (χ2n) is 4.95. The van der Waals surface area contributed by atoms with Gasteiger partial charge in [0.15, 0.2) is 0 Å². The van der Waals surface area contributed by atoms with Crippen molar-refractivity contribution in [1.29, 1.82) is 0 Å². The molecular formula is C14H17NO3S. The van der Waals surface area contributed by atoms with Gasteiger partial charge in [-0.05, 0) is 25.3 Å². The summed E-state index contributed by atoms with van der Waals surface area (Å²) in [6.45, 7) is 5.50. The van der Waals surface area contributed by atoms with Gasteiger partial charge >= 0.3 is 0 Å². The number of morpholine rings is 1. The quantitative estimate of drug-likeness (QED) is 0.789. The first-order chi connectivity index (χ1) is 9.06. The molecule has 0 aromatic carbocycles. The first-order valence-corrected chi connectivity index (χ1v) is 7.01. The van der Waals surface area contributed by atoms with Crippen LogP contribution in [0, 0.1) is 11.8 Å². The van der Waals surface area contributed by atoms with Gasteiger partial charge in [0.2, 0.25) is 0 Å². The molecule has 1 amide bonds. The van der Waals surface area contributed by atoms with Crippen molar-refractivity contribution >= 4 is 17.2 Å². The lowest BCUT2D eigenvalue weighted by Gasteiger charge is -2.41. The monoisotopic (exact) mass is 279 g/mol. The lowest BCUT2D eigenvalue weighted by molar-refractivity contribution is -0.0368. The van der Waals surface area contributed by atoms with Gasteiger partial charge in [0.05, 0.1) is 18.8 Å². The molecule has 1 aliphatic heterocycles. The van der Waals surface area contributed by atoms with Crippen molar-refractivity contribution in [3.05, 3.63) is 21.9 Å². The SMILES string of the molecule is CC1(C)COCCN1C(=O)c1sccc1C#CCO. The number of hydrogen-bond donors (Lipinski definition) is 1. The molecule has 0 aliphatic carbocycles. The van der Waals surface area contributed by atoms with Crippen molar-refractivity contribution < 1.29 is 14.6 Å². The number of carbonyl (C=O) groups excluding carboxylic acids is 1. The number of hydrogen-bond acceptors (Lipinski definition) is 4. The fourth-order valence-electron chi connectivity index (χ4n) is 2.07. The van der Waals surface area contributed by atoms with Crippen LogP contribution in [0.2, 0.25) is 0 Å². The smallest absolute Gasteiger partial charge is 0.265 e. The number of amides is 1.